The molecule has 0 saturated carbocycles. The van der Waals surface area contributed by atoms with Crippen LogP contribution in [0, 0.1) is 11.3 Å². The second-order valence-electron chi connectivity index (χ2n) is 7.71. The van der Waals surface area contributed by atoms with Gasteiger partial charge in [0, 0.05) is 18.3 Å². The van der Waals surface area contributed by atoms with Gasteiger partial charge >= 0.3 is 0 Å². The SMILES string of the molecule is COc1ccc(CO[C@H](C[C@H](O)CC(=O)C(C)(C)C)C(C)C)cc1. The second-order valence-corrected chi connectivity index (χ2v) is 7.71. The smallest absolute Gasteiger partial charge is 0.140 e. The summed E-state index contributed by atoms with van der Waals surface area (Å²) in [5, 5.41) is 10.3. The van der Waals surface area contributed by atoms with E-state index in [1.54, 1.807) is 7.11 Å². The summed E-state index contributed by atoms with van der Waals surface area (Å²) >= 11 is 0. The van der Waals surface area contributed by atoms with Crippen LogP contribution in [-0.2, 0) is 16.1 Å². The molecular weight excluding hydrogens is 304 g/mol. The Balaban J connectivity index is 2.55. The highest BCUT2D eigenvalue weighted by atomic mass is 16.5. The van der Waals surface area contributed by atoms with E-state index in [9.17, 15) is 9.90 Å². The van der Waals surface area contributed by atoms with Gasteiger partial charge in [0.25, 0.3) is 0 Å². The van der Waals surface area contributed by atoms with Gasteiger partial charge in [0.15, 0.2) is 0 Å². The Bertz CT molecular complexity index is 499. The number of Topliss-reactive ketones (excluding diaryl/α,β-unsaturated/α-hetero) is 1. The Kier molecular flexibility index (Phi) is 7.91. The van der Waals surface area contributed by atoms with E-state index < -0.39 is 11.5 Å². The molecule has 0 saturated heterocycles. The minimum atomic E-state index is -0.667. The fourth-order valence-electron chi connectivity index (χ4n) is 2.33. The van der Waals surface area contributed by atoms with Gasteiger partial charge in [-0.05, 0) is 23.6 Å². The minimum absolute atomic E-state index is 0.0765. The van der Waals surface area contributed by atoms with Crippen LogP contribution >= 0.6 is 0 Å². The molecule has 0 aliphatic carbocycles. The zero-order valence-electron chi connectivity index (χ0n) is 15.8. The van der Waals surface area contributed by atoms with Gasteiger partial charge in [-0.3, -0.25) is 4.79 Å². The van der Waals surface area contributed by atoms with Crippen LogP contribution in [0.25, 0.3) is 0 Å². The van der Waals surface area contributed by atoms with Gasteiger partial charge in [-0.1, -0.05) is 46.8 Å². The van der Waals surface area contributed by atoms with Crippen molar-refractivity contribution in [3.63, 3.8) is 0 Å². The molecule has 0 aliphatic rings. The van der Waals surface area contributed by atoms with Crippen LogP contribution in [-0.4, -0.2) is 30.2 Å². The van der Waals surface area contributed by atoms with Crippen molar-refractivity contribution in [1.82, 2.24) is 0 Å². The number of carbonyl (C=O) groups excluding carboxylic acids is 1. The Labute approximate surface area is 146 Å². The Morgan fingerprint density at radius 1 is 1.17 bits per heavy atom. The number of aliphatic hydroxyl groups excluding tert-OH is 1. The zero-order valence-corrected chi connectivity index (χ0v) is 15.8. The number of hydrogen-bond donors (Lipinski definition) is 1. The average Bonchev–Trinajstić information content (AvgIpc) is 2.50. The van der Waals surface area contributed by atoms with Crippen LogP contribution in [0.1, 0.15) is 53.0 Å². The standard InChI is InChI=1S/C20H32O4/c1-14(2)18(11-16(21)12-19(22)20(3,4)5)24-13-15-7-9-17(23-6)10-8-15/h7-10,14,16,18,21H,11-13H2,1-6H3/t16-,18+/m0/s1. The fourth-order valence-corrected chi connectivity index (χ4v) is 2.33. The van der Waals surface area contributed by atoms with Gasteiger partial charge in [0.05, 0.1) is 25.9 Å². The largest absolute Gasteiger partial charge is 0.497 e. The van der Waals surface area contributed by atoms with Gasteiger partial charge < -0.3 is 14.6 Å². The van der Waals surface area contributed by atoms with Crippen molar-refractivity contribution in [3.05, 3.63) is 29.8 Å². The molecule has 1 rings (SSSR count). The lowest BCUT2D eigenvalue weighted by Gasteiger charge is -2.25. The quantitative estimate of drug-likeness (QED) is 0.741. The van der Waals surface area contributed by atoms with Crippen LogP contribution < -0.4 is 4.74 Å². The summed E-state index contributed by atoms with van der Waals surface area (Å²) in [6, 6.07) is 7.74. The molecule has 4 heteroatoms. The number of benzene rings is 1. The Morgan fingerprint density at radius 2 is 1.75 bits per heavy atom. The van der Waals surface area contributed by atoms with Crippen molar-refractivity contribution < 1.29 is 19.4 Å². The Morgan fingerprint density at radius 3 is 2.21 bits per heavy atom. The van der Waals surface area contributed by atoms with Crippen LogP contribution in [0.15, 0.2) is 24.3 Å². The highest BCUT2D eigenvalue weighted by molar-refractivity contribution is 5.84. The topological polar surface area (TPSA) is 55.8 Å². The van der Waals surface area contributed by atoms with Gasteiger partial charge in [-0.15, -0.1) is 0 Å². The van der Waals surface area contributed by atoms with Gasteiger partial charge in [0.1, 0.15) is 11.5 Å². The van der Waals surface area contributed by atoms with Crippen molar-refractivity contribution in [2.24, 2.45) is 11.3 Å². The average molecular weight is 336 g/mol. The van der Waals surface area contributed by atoms with Gasteiger partial charge in [-0.2, -0.15) is 0 Å². The van der Waals surface area contributed by atoms with Crippen molar-refractivity contribution in [2.75, 3.05) is 7.11 Å². The molecule has 0 amide bonds. The third kappa shape index (κ3) is 7.02. The predicted octanol–water partition coefficient (Wildman–Crippen LogP) is 3.99. The van der Waals surface area contributed by atoms with Crippen LogP contribution in [0.3, 0.4) is 0 Å². The van der Waals surface area contributed by atoms with Crippen molar-refractivity contribution >= 4 is 5.78 Å². The summed E-state index contributed by atoms with van der Waals surface area (Å²) < 4.78 is 11.1. The van der Waals surface area contributed by atoms with Crippen LogP contribution in [0.4, 0.5) is 0 Å². The normalized spacial score (nSPS) is 14.5. The molecule has 1 aromatic rings. The molecule has 0 fully saturated rings. The first-order valence-corrected chi connectivity index (χ1v) is 8.59. The highest BCUT2D eigenvalue weighted by Crippen LogP contribution is 2.22. The number of ether oxygens (including phenoxy) is 2. The molecular formula is C20H32O4. The summed E-state index contributed by atoms with van der Waals surface area (Å²) in [7, 11) is 1.64. The van der Waals surface area contributed by atoms with Crippen LogP contribution in [0.2, 0.25) is 0 Å². The van der Waals surface area contributed by atoms with E-state index in [0.717, 1.165) is 11.3 Å². The predicted molar refractivity (Wildman–Crippen MR) is 96.1 cm³/mol. The fraction of sp³-hybridized carbons (Fsp3) is 0.650. The maximum Gasteiger partial charge on any atom is 0.140 e. The van der Waals surface area contributed by atoms with E-state index in [4.69, 9.17) is 9.47 Å². The molecule has 136 valence electrons. The lowest BCUT2D eigenvalue weighted by Crippen LogP contribution is -2.30. The summed E-state index contributed by atoms with van der Waals surface area (Å²) in [6.07, 6.45) is -0.108. The first-order valence-electron chi connectivity index (χ1n) is 8.59. The van der Waals surface area contributed by atoms with Crippen molar-refractivity contribution in [1.29, 1.82) is 0 Å². The number of rotatable bonds is 9. The van der Waals surface area contributed by atoms with Crippen molar-refractivity contribution in [2.45, 2.75) is 66.3 Å². The summed E-state index contributed by atoms with van der Waals surface area (Å²) in [4.78, 5) is 12.1. The van der Waals surface area contributed by atoms with E-state index >= 15 is 0 Å². The molecule has 1 N–H and O–H groups in total. The zero-order chi connectivity index (χ0) is 18.3. The maximum atomic E-state index is 12.1. The van der Waals surface area contributed by atoms with E-state index in [1.807, 2.05) is 45.0 Å². The third-order valence-electron chi connectivity index (χ3n) is 4.13. The minimum Gasteiger partial charge on any atom is -0.497 e. The number of ketones is 1. The molecule has 1 aromatic carbocycles. The lowest BCUT2D eigenvalue weighted by molar-refractivity contribution is -0.129. The van der Waals surface area contributed by atoms with Gasteiger partial charge in [-0.25, -0.2) is 0 Å². The molecule has 0 heterocycles. The maximum absolute atomic E-state index is 12.1. The molecule has 0 spiro atoms. The van der Waals surface area contributed by atoms with E-state index in [-0.39, 0.29) is 24.2 Å². The second kappa shape index (κ2) is 9.19. The van der Waals surface area contributed by atoms with E-state index in [1.165, 1.54) is 0 Å². The molecule has 0 unspecified atom stereocenters. The monoisotopic (exact) mass is 336 g/mol. The summed E-state index contributed by atoms with van der Waals surface area (Å²) in [5.41, 5.74) is 0.639. The number of methoxy groups -OCH3 is 1. The number of hydrogen-bond acceptors (Lipinski definition) is 4. The molecule has 4 nitrogen and oxygen atoms in total. The first kappa shape index (κ1) is 20.7. The van der Waals surface area contributed by atoms with E-state index in [0.29, 0.717) is 13.0 Å². The Hall–Kier alpha value is -1.39. The third-order valence-corrected chi connectivity index (χ3v) is 4.13. The molecule has 24 heavy (non-hydrogen) atoms. The van der Waals surface area contributed by atoms with Crippen LogP contribution in [0.5, 0.6) is 5.75 Å². The summed E-state index contributed by atoms with van der Waals surface area (Å²) in [5.74, 6) is 1.16. The first-order chi connectivity index (χ1) is 11.1. The number of carbonyl (C=O) groups is 1. The number of aliphatic hydroxyl groups is 1. The molecule has 2 atom stereocenters. The van der Waals surface area contributed by atoms with Gasteiger partial charge in [0.2, 0.25) is 0 Å². The molecule has 0 aliphatic heterocycles. The highest BCUT2D eigenvalue weighted by Gasteiger charge is 2.26. The molecule has 0 radical (unpaired) electrons. The molecule has 0 aromatic heterocycles. The summed E-state index contributed by atoms with van der Waals surface area (Å²) in [6.45, 7) is 10.2. The van der Waals surface area contributed by atoms with Crippen molar-refractivity contribution in [3.8, 4) is 5.75 Å². The lowest BCUT2D eigenvalue weighted by atomic mass is 9.86. The van der Waals surface area contributed by atoms with E-state index in [2.05, 4.69) is 13.8 Å². The molecule has 0 bridgehead atoms.